The van der Waals surface area contributed by atoms with E-state index in [4.69, 9.17) is 13.7 Å². The smallest absolute Gasteiger partial charge is 0.385 e. The van der Waals surface area contributed by atoms with Gasteiger partial charge in [-0.1, -0.05) is 41.2 Å². The summed E-state index contributed by atoms with van der Waals surface area (Å²) in [6, 6.07) is 18.9. The Morgan fingerprint density at radius 3 is 1.93 bits per heavy atom. The Balaban J connectivity index is 1.72. The van der Waals surface area contributed by atoms with Crippen molar-refractivity contribution in [3.05, 3.63) is 84.4 Å². The van der Waals surface area contributed by atoms with Crippen LogP contribution in [0.5, 0.6) is 11.5 Å². The van der Waals surface area contributed by atoms with E-state index in [1.807, 2.05) is 0 Å². The molecule has 0 aliphatic carbocycles. The van der Waals surface area contributed by atoms with E-state index in [1.165, 1.54) is 24.3 Å². The minimum Gasteiger partial charge on any atom is -0.385 e. The van der Waals surface area contributed by atoms with Crippen LogP contribution < -0.4 is 13.7 Å². The molecule has 0 unspecified atom stereocenters. The van der Waals surface area contributed by atoms with E-state index in [2.05, 4.69) is 10.3 Å². The number of benzene rings is 3. The third-order valence-corrected chi connectivity index (χ3v) is 5.06. The highest BCUT2D eigenvalue weighted by Crippen LogP contribution is 2.47. The molecule has 1 aromatic heterocycles. The largest absolute Gasteiger partial charge is 0.668 e. The van der Waals surface area contributed by atoms with Crippen molar-refractivity contribution in [1.82, 2.24) is 15.2 Å². The Morgan fingerprint density at radius 1 is 0.833 bits per heavy atom. The molecule has 30 heavy (non-hydrogen) atoms. The zero-order valence-electron chi connectivity index (χ0n) is 15.1. The van der Waals surface area contributed by atoms with Gasteiger partial charge in [0.2, 0.25) is 0 Å². The number of rotatable bonds is 6. The SMILES string of the molecule is O=P(Oc1ccccc1)(Oc1ccccc1)On1nnc2ccc(C(F)(F)F)cc21. The first-order valence-corrected chi connectivity index (χ1v) is 10.0. The van der Waals surface area contributed by atoms with E-state index in [0.29, 0.717) is 4.85 Å². The van der Waals surface area contributed by atoms with E-state index in [9.17, 15) is 17.7 Å². The van der Waals surface area contributed by atoms with Gasteiger partial charge < -0.3 is 9.05 Å². The van der Waals surface area contributed by atoms with Crippen LogP contribution in [-0.2, 0) is 10.7 Å². The van der Waals surface area contributed by atoms with Gasteiger partial charge in [0.15, 0.2) is 0 Å². The summed E-state index contributed by atoms with van der Waals surface area (Å²) < 4.78 is 68.8. The van der Waals surface area contributed by atoms with E-state index in [-0.39, 0.29) is 22.5 Å². The maximum absolute atomic E-state index is 13.4. The van der Waals surface area contributed by atoms with Crippen molar-refractivity contribution in [3.63, 3.8) is 0 Å². The predicted molar refractivity (Wildman–Crippen MR) is 101 cm³/mol. The number of aromatic nitrogens is 3. The van der Waals surface area contributed by atoms with Gasteiger partial charge in [-0.05, 0) is 47.7 Å². The maximum Gasteiger partial charge on any atom is 0.668 e. The second-order valence-corrected chi connectivity index (χ2v) is 7.42. The molecule has 0 aliphatic rings. The lowest BCUT2D eigenvalue weighted by molar-refractivity contribution is -0.137. The summed E-state index contributed by atoms with van der Waals surface area (Å²) in [6.07, 6.45) is -4.59. The standard InChI is InChI=1S/C19H13F3N3O4P/c20-19(21,22)14-11-12-17-18(13-14)25(24-23-17)29-30(26,27-15-7-3-1-4-8-15)28-16-9-5-2-6-10-16/h1-13H. The number of nitrogens with zero attached hydrogens (tertiary/aromatic N) is 3. The lowest BCUT2D eigenvalue weighted by atomic mass is 10.2. The summed E-state index contributed by atoms with van der Waals surface area (Å²) >= 11 is 0. The molecule has 0 spiro atoms. The first kappa shape index (κ1) is 19.8. The average Bonchev–Trinajstić information content (AvgIpc) is 3.10. The quantitative estimate of drug-likeness (QED) is 0.390. The zero-order chi connectivity index (χ0) is 21.2. The fourth-order valence-electron chi connectivity index (χ4n) is 2.50. The number of alkyl halides is 3. The van der Waals surface area contributed by atoms with Gasteiger partial charge in [-0.3, -0.25) is 4.62 Å². The maximum atomic E-state index is 13.4. The molecule has 0 atom stereocenters. The Kier molecular flexibility index (Phi) is 5.09. The molecular weight excluding hydrogens is 422 g/mol. The fourth-order valence-corrected chi connectivity index (χ4v) is 3.68. The Morgan fingerprint density at radius 2 is 1.40 bits per heavy atom. The highest BCUT2D eigenvalue weighted by Gasteiger charge is 2.36. The van der Waals surface area contributed by atoms with E-state index in [1.54, 1.807) is 36.4 Å². The van der Waals surface area contributed by atoms with E-state index < -0.39 is 19.6 Å². The Bertz CT molecular complexity index is 1150. The van der Waals surface area contributed by atoms with Crippen molar-refractivity contribution < 1.29 is 31.4 Å². The van der Waals surface area contributed by atoms with Gasteiger partial charge in [0.1, 0.15) is 22.5 Å². The zero-order valence-corrected chi connectivity index (χ0v) is 16.0. The highest BCUT2D eigenvalue weighted by molar-refractivity contribution is 7.49. The van der Waals surface area contributed by atoms with Crippen LogP contribution in [0.25, 0.3) is 11.0 Å². The molecule has 0 amide bonds. The summed E-state index contributed by atoms with van der Waals surface area (Å²) in [6.45, 7) is 0. The molecular formula is C19H13F3N3O4P. The van der Waals surface area contributed by atoms with Gasteiger partial charge in [0, 0.05) is 0 Å². The molecule has 1 heterocycles. The molecule has 4 rings (SSSR count). The second-order valence-electron chi connectivity index (χ2n) is 6.00. The van der Waals surface area contributed by atoms with Gasteiger partial charge in [-0.25, -0.2) is 0 Å². The van der Waals surface area contributed by atoms with Crippen molar-refractivity contribution in [2.75, 3.05) is 0 Å². The molecule has 4 aromatic rings. The van der Waals surface area contributed by atoms with Gasteiger partial charge in [0.05, 0.1) is 5.56 Å². The summed E-state index contributed by atoms with van der Waals surface area (Å²) in [5.74, 6) is 0.328. The first-order valence-electron chi connectivity index (χ1n) is 8.54. The molecule has 0 aliphatic heterocycles. The third-order valence-electron chi connectivity index (χ3n) is 3.84. The number of para-hydroxylation sites is 2. The predicted octanol–water partition coefficient (Wildman–Crippen LogP) is 5.14. The Hall–Kier alpha value is -3.52. The Labute approximate surface area is 168 Å². The third kappa shape index (κ3) is 4.38. The number of hydrogen-bond donors (Lipinski definition) is 0. The summed E-state index contributed by atoms with van der Waals surface area (Å²) in [7, 11) is -4.43. The molecule has 11 heteroatoms. The topological polar surface area (TPSA) is 75.5 Å². The number of phosphoric ester groups is 1. The molecule has 0 saturated heterocycles. The van der Waals surface area contributed by atoms with E-state index in [0.717, 1.165) is 18.2 Å². The van der Waals surface area contributed by atoms with Crippen LogP contribution in [0.4, 0.5) is 13.2 Å². The van der Waals surface area contributed by atoms with Crippen molar-refractivity contribution in [1.29, 1.82) is 0 Å². The van der Waals surface area contributed by atoms with Gasteiger partial charge in [-0.2, -0.15) is 17.7 Å². The summed E-state index contributed by atoms with van der Waals surface area (Å²) in [5, 5.41) is 7.36. The molecule has 0 radical (unpaired) electrons. The molecule has 154 valence electrons. The first-order chi connectivity index (χ1) is 14.3. The summed E-state index contributed by atoms with van der Waals surface area (Å²) in [5.41, 5.74) is -0.989. The lowest BCUT2D eigenvalue weighted by Gasteiger charge is -2.18. The van der Waals surface area contributed by atoms with Crippen molar-refractivity contribution in [2.45, 2.75) is 6.18 Å². The molecule has 0 N–H and O–H groups in total. The van der Waals surface area contributed by atoms with E-state index >= 15 is 0 Å². The minimum absolute atomic E-state index is 0.106. The fraction of sp³-hybridized carbons (Fsp3) is 0.0526. The van der Waals surface area contributed by atoms with Gasteiger partial charge in [0.25, 0.3) is 0 Å². The highest BCUT2D eigenvalue weighted by atomic mass is 31.2. The molecule has 7 nitrogen and oxygen atoms in total. The van der Waals surface area contributed by atoms with Crippen LogP contribution in [0.2, 0.25) is 0 Å². The van der Waals surface area contributed by atoms with Crippen LogP contribution in [0, 0.1) is 0 Å². The number of halogens is 3. The van der Waals surface area contributed by atoms with Crippen LogP contribution in [0.3, 0.4) is 0 Å². The number of phosphoric acid groups is 1. The van der Waals surface area contributed by atoms with Crippen LogP contribution in [0.1, 0.15) is 5.56 Å². The monoisotopic (exact) mass is 435 g/mol. The normalized spacial score (nSPS) is 12.0. The van der Waals surface area contributed by atoms with Crippen LogP contribution in [-0.4, -0.2) is 15.2 Å². The molecule has 3 aromatic carbocycles. The van der Waals surface area contributed by atoms with Crippen molar-refractivity contribution in [3.8, 4) is 11.5 Å². The van der Waals surface area contributed by atoms with Gasteiger partial charge in [-0.15, -0.1) is 5.10 Å². The number of hydrogen-bond acceptors (Lipinski definition) is 6. The van der Waals surface area contributed by atoms with Gasteiger partial charge >= 0.3 is 14.0 Å². The average molecular weight is 435 g/mol. The van der Waals surface area contributed by atoms with Crippen molar-refractivity contribution in [2.24, 2.45) is 0 Å². The lowest BCUT2D eigenvalue weighted by Crippen LogP contribution is -2.18. The van der Waals surface area contributed by atoms with Crippen LogP contribution >= 0.6 is 7.82 Å². The summed E-state index contributed by atoms with van der Waals surface area (Å²) in [4.78, 5) is 0.594. The van der Waals surface area contributed by atoms with Crippen molar-refractivity contribution >= 4 is 18.9 Å². The molecule has 0 saturated carbocycles. The van der Waals surface area contributed by atoms with Crippen LogP contribution in [0.15, 0.2) is 78.9 Å². The minimum atomic E-state index is -4.59. The number of fused-ring (bicyclic) bond motifs is 1. The second kappa shape index (κ2) is 7.72. The molecule has 0 bridgehead atoms. The molecule has 0 fully saturated rings.